The first-order chi connectivity index (χ1) is 10.9. The van der Waals surface area contributed by atoms with Gasteiger partial charge in [0, 0.05) is 6.54 Å². The van der Waals surface area contributed by atoms with Gasteiger partial charge in [-0.1, -0.05) is 42.5 Å². The maximum Gasteiger partial charge on any atom is 0.241 e. The molecule has 1 amide bonds. The van der Waals surface area contributed by atoms with E-state index >= 15 is 0 Å². The summed E-state index contributed by atoms with van der Waals surface area (Å²) in [6, 6.07) is 14.6. The Morgan fingerprint density at radius 3 is 2.30 bits per heavy atom. The molecule has 0 saturated carbocycles. The minimum Gasteiger partial charge on any atom is -0.350 e. The van der Waals surface area contributed by atoms with Crippen LogP contribution in [-0.4, -0.2) is 27.1 Å². The molecule has 23 heavy (non-hydrogen) atoms. The molecule has 0 heterocycles. The van der Waals surface area contributed by atoms with Gasteiger partial charge in [0.2, 0.25) is 15.9 Å². The molecule has 0 saturated heterocycles. The van der Waals surface area contributed by atoms with Crippen molar-refractivity contribution in [3.63, 3.8) is 0 Å². The summed E-state index contributed by atoms with van der Waals surface area (Å²) in [4.78, 5) is 12.0. The summed E-state index contributed by atoms with van der Waals surface area (Å²) in [7, 11) is -3.79. The Morgan fingerprint density at radius 2 is 1.70 bits per heavy atom. The van der Waals surface area contributed by atoms with Gasteiger partial charge < -0.3 is 5.32 Å². The van der Waals surface area contributed by atoms with Crippen molar-refractivity contribution in [1.29, 1.82) is 0 Å². The van der Waals surface area contributed by atoms with Crippen molar-refractivity contribution in [3.05, 3.63) is 66.0 Å². The fourth-order valence-electron chi connectivity index (χ4n) is 2.02. The van der Waals surface area contributed by atoms with Gasteiger partial charge in [-0.15, -0.1) is 0 Å². The van der Waals surface area contributed by atoms with Gasteiger partial charge in [-0.05, 0) is 17.7 Å². The third-order valence-electron chi connectivity index (χ3n) is 3.14. The Morgan fingerprint density at radius 1 is 1.09 bits per heavy atom. The molecule has 1 N–H and O–H groups in total. The molecular weight excluding hydrogens is 319 g/mol. The van der Waals surface area contributed by atoms with Crippen LogP contribution >= 0.6 is 0 Å². The van der Waals surface area contributed by atoms with E-state index in [0.717, 1.165) is 22.2 Å². The zero-order valence-electron chi connectivity index (χ0n) is 12.6. The second-order valence-corrected chi connectivity index (χ2v) is 6.89. The highest BCUT2D eigenvalue weighted by atomic mass is 32.2. The van der Waals surface area contributed by atoms with Crippen LogP contribution in [0.25, 0.3) is 0 Å². The van der Waals surface area contributed by atoms with Crippen LogP contribution in [0.15, 0.2) is 54.6 Å². The van der Waals surface area contributed by atoms with E-state index in [1.807, 2.05) is 30.3 Å². The van der Waals surface area contributed by atoms with Gasteiger partial charge in [0.25, 0.3) is 0 Å². The molecule has 0 fully saturated rings. The number of benzene rings is 2. The topological polar surface area (TPSA) is 66.5 Å². The maximum absolute atomic E-state index is 13.8. The van der Waals surface area contributed by atoms with E-state index in [2.05, 4.69) is 5.32 Å². The molecule has 2 aromatic carbocycles. The number of rotatable bonds is 6. The van der Waals surface area contributed by atoms with E-state index in [0.29, 0.717) is 0 Å². The second-order valence-electron chi connectivity index (χ2n) is 4.98. The molecule has 0 aromatic heterocycles. The maximum atomic E-state index is 13.8. The lowest BCUT2D eigenvalue weighted by Crippen LogP contribution is -2.40. The first-order valence-corrected chi connectivity index (χ1v) is 8.75. The third-order valence-corrected chi connectivity index (χ3v) is 4.27. The van der Waals surface area contributed by atoms with Crippen molar-refractivity contribution in [2.75, 3.05) is 17.1 Å². The number of hydrogen-bond acceptors (Lipinski definition) is 3. The van der Waals surface area contributed by atoms with Crippen molar-refractivity contribution in [2.24, 2.45) is 0 Å². The number of nitrogens with zero attached hydrogens (tertiary/aromatic N) is 1. The molecule has 7 heteroatoms. The van der Waals surface area contributed by atoms with E-state index in [1.165, 1.54) is 18.2 Å². The number of sulfonamides is 1. The summed E-state index contributed by atoms with van der Waals surface area (Å²) in [5.74, 6) is -1.21. The van der Waals surface area contributed by atoms with Crippen LogP contribution in [0.3, 0.4) is 0 Å². The van der Waals surface area contributed by atoms with Gasteiger partial charge in [-0.2, -0.15) is 0 Å². The number of hydrogen-bond donors (Lipinski definition) is 1. The molecule has 2 rings (SSSR count). The number of carbonyl (C=O) groups excluding carboxylic acids is 1. The Balaban J connectivity index is 2.10. The summed E-state index contributed by atoms with van der Waals surface area (Å²) in [5, 5.41) is 2.62. The van der Waals surface area contributed by atoms with Crippen molar-refractivity contribution in [2.45, 2.75) is 6.54 Å². The van der Waals surface area contributed by atoms with Crippen LogP contribution in [0, 0.1) is 5.82 Å². The summed E-state index contributed by atoms with van der Waals surface area (Å²) < 4.78 is 38.3. The van der Waals surface area contributed by atoms with Gasteiger partial charge in [0.1, 0.15) is 12.4 Å². The quantitative estimate of drug-likeness (QED) is 0.876. The fraction of sp³-hybridized carbons (Fsp3) is 0.188. The lowest BCUT2D eigenvalue weighted by molar-refractivity contribution is -0.119. The predicted octanol–water partition coefficient (Wildman–Crippen LogP) is 1.91. The number of amides is 1. The van der Waals surface area contributed by atoms with E-state index in [1.54, 1.807) is 0 Å². The molecule has 0 spiro atoms. The molecule has 122 valence electrons. The lowest BCUT2D eigenvalue weighted by Gasteiger charge is -2.22. The largest absolute Gasteiger partial charge is 0.350 e. The van der Waals surface area contributed by atoms with Crippen molar-refractivity contribution >= 4 is 21.6 Å². The SMILES string of the molecule is CS(=O)(=O)N(CC(=O)NCc1ccccc1)c1ccccc1F. The average Bonchev–Trinajstić information content (AvgIpc) is 2.51. The summed E-state index contributed by atoms with van der Waals surface area (Å²) in [6.07, 6.45) is 0.934. The van der Waals surface area contributed by atoms with Gasteiger partial charge in [-0.3, -0.25) is 9.10 Å². The lowest BCUT2D eigenvalue weighted by atomic mass is 10.2. The summed E-state index contributed by atoms with van der Waals surface area (Å²) >= 11 is 0. The van der Waals surface area contributed by atoms with Gasteiger partial charge in [0.15, 0.2) is 0 Å². The molecule has 0 bridgehead atoms. The smallest absolute Gasteiger partial charge is 0.241 e. The standard InChI is InChI=1S/C16H17FN2O3S/c1-23(21,22)19(15-10-6-5-9-14(15)17)12-16(20)18-11-13-7-3-2-4-8-13/h2-10H,11-12H2,1H3,(H,18,20). The molecule has 0 aliphatic rings. The van der Waals surface area contributed by atoms with Crippen LogP contribution in [0.2, 0.25) is 0 Å². The monoisotopic (exact) mass is 336 g/mol. The number of nitrogens with one attached hydrogen (secondary N) is 1. The fourth-order valence-corrected chi connectivity index (χ4v) is 2.88. The Hall–Kier alpha value is -2.41. The van der Waals surface area contributed by atoms with Gasteiger partial charge in [-0.25, -0.2) is 12.8 Å². The average molecular weight is 336 g/mol. The minimum atomic E-state index is -3.79. The van der Waals surface area contributed by atoms with E-state index in [4.69, 9.17) is 0 Å². The van der Waals surface area contributed by atoms with Crippen LogP contribution in [0.4, 0.5) is 10.1 Å². The first kappa shape index (κ1) is 17.0. The van der Waals surface area contributed by atoms with Crippen molar-refractivity contribution in [1.82, 2.24) is 5.32 Å². The van der Waals surface area contributed by atoms with Crippen LogP contribution in [0.1, 0.15) is 5.56 Å². The number of carbonyl (C=O) groups is 1. The third kappa shape index (κ3) is 4.79. The first-order valence-electron chi connectivity index (χ1n) is 6.91. The predicted molar refractivity (Wildman–Crippen MR) is 86.9 cm³/mol. The Bertz CT molecular complexity index is 779. The second kappa shape index (κ2) is 7.23. The molecule has 0 aliphatic carbocycles. The van der Waals surface area contributed by atoms with Gasteiger partial charge >= 0.3 is 0 Å². The number of halogens is 1. The van der Waals surface area contributed by atoms with Crippen LogP contribution in [-0.2, 0) is 21.4 Å². The van der Waals surface area contributed by atoms with Gasteiger partial charge in [0.05, 0.1) is 11.9 Å². The molecule has 0 radical (unpaired) electrons. The Labute approximate surface area is 134 Å². The van der Waals surface area contributed by atoms with E-state index < -0.39 is 28.3 Å². The van der Waals surface area contributed by atoms with Crippen LogP contribution < -0.4 is 9.62 Å². The summed E-state index contributed by atoms with van der Waals surface area (Å²) in [5.41, 5.74) is 0.738. The molecule has 2 aromatic rings. The normalized spacial score (nSPS) is 11.0. The Kier molecular flexibility index (Phi) is 5.33. The minimum absolute atomic E-state index is 0.148. The molecule has 0 aliphatic heterocycles. The van der Waals surface area contributed by atoms with Crippen molar-refractivity contribution in [3.8, 4) is 0 Å². The molecular formula is C16H17FN2O3S. The highest BCUT2D eigenvalue weighted by Crippen LogP contribution is 2.20. The zero-order chi connectivity index (χ0) is 16.9. The van der Waals surface area contributed by atoms with Crippen LogP contribution in [0.5, 0.6) is 0 Å². The molecule has 5 nitrogen and oxygen atoms in total. The van der Waals surface area contributed by atoms with E-state index in [-0.39, 0.29) is 12.2 Å². The highest BCUT2D eigenvalue weighted by molar-refractivity contribution is 7.92. The molecule has 0 unspecified atom stereocenters. The molecule has 0 atom stereocenters. The highest BCUT2D eigenvalue weighted by Gasteiger charge is 2.23. The van der Waals surface area contributed by atoms with Crippen molar-refractivity contribution < 1.29 is 17.6 Å². The number of anilines is 1. The van der Waals surface area contributed by atoms with E-state index in [9.17, 15) is 17.6 Å². The number of para-hydroxylation sites is 1. The zero-order valence-corrected chi connectivity index (χ0v) is 13.4. The summed E-state index contributed by atoms with van der Waals surface area (Å²) in [6.45, 7) is -0.207.